The van der Waals surface area contributed by atoms with Crippen LogP contribution < -0.4 is 0 Å². The number of hydrogen-bond donors (Lipinski definition) is 0. The van der Waals surface area contributed by atoms with Gasteiger partial charge in [0.25, 0.3) is 0 Å². The van der Waals surface area contributed by atoms with E-state index in [1.54, 1.807) is 0 Å². The van der Waals surface area contributed by atoms with Gasteiger partial charge in [0, 0.05) is 50.8 Å². The Balaban J connectivity index is 1.21. The fraction of sp³-hybridized carbons (Fsp3) is 0. The molecule has 58 heavy (non-hydrogen) atoms. The predicted molar refractivity (Wildman–Crippen MR) is 233 cm³/mol. The summed E-state index contributed by atoms with van der Waals surface area (Å²) < 4.78 is 4.51. The smallest absolute Gasteiger partial charge is 0.238 e. The first kappa shape index (κ1) is 32.2. The molecule has 270 valence electrons. The van der Waals surface area contributed by atoms with E-state index in [1.165, 1.54) is 0 Å². The molecule has 8 nitrogen and oxygen atoms in total. The predicted octanol–water partition coefficient (Wildman–Crippen LogP) is 11.5. The second-order valence-electron chi connectivity index (χ2n) is 14.4. The molecular formula is C50H30N8. The van der Waals surface area contributed by atoms with Crippen molar-refractivity contribution >= 4 is 60.2 Å². The van der Waals surface area contributed by atoms with Crippen molar-refractivity contribution in [2.24, 2.45) is 0 Å². The summed E-state index contributed by atoms with van der Waals surface area (Å²) in [4.78, 5) is 30.5. The number of rotatable bonds is 5. The molecule has 0 amide bonds. The Labute approximate surface area is 331 Å². The third kappa shape index (κ3) is 4.95. The number of para-hydroxylation sites is 4. The number of benzene rings is 6. The lowest BCUT2D eigenvalue weighted by molar-refractivity contribution is 0.955. The number of fused-ring (bicyclic) bond motifs is 12. The molecule has 0 N–H and O–H groups in total. The molecule has 0 fully saturated rings. The lowest BCUT2D eigenvalue weighted by Crippen LogP contribution is -2.07. The van der Waals surface area contributed by atoms with E-state index in [0.29, 0.717) is 17.6 Å². The zero-order valence-corrected chi connectivity index (χ0v) is 30.9. The minimum Gasteiger partial charge on any atom is -0.292 e. The topological polar surface area (TPSA) is 86.7 Å². The highest BCUT2D eigenvalue weighted by molar-refractivity contribution is 6.27. The molecule has 0 atom stereocenters. The summed E-state index contributed by atoms with van der Waals surface area (Å²) in [6.07, 6.45) is 3.62. The highest BCUT2D eigenvalue weighted by Crippen LogP contribution is 2.41. The van der Waals surface area contributed by atoms with E-state index in [1.807, 2.05) is 79.1 Å². The maximum absolute atomic E-state index is 5.36. The van der Waals surface area contributed by atoms with Gasteiger partial charge >= 0.3 is 0 Å². The van der Waals surface area contributed by atoms with Crippen LogP contribution in [0.25, 0.3) is 111 Å². The molecule has 0 radical (unpaired) electrons. The van der Waals surface area contributed by atoms with Gasteiger partial charge in [-0.2, -0.15) is 9.97 Å². The van der Waals surface area contributed by atoms with E-state index < -0.39 is 0 Å². The first-order chi connectivity index (χ1) is 28.8. The molecule has 0 saturated carbocycles. The molecule has 12 aromatic rings. The van der Waals surface area contributed by atoms with Crippen LogP contribution in [0.15, 0.2) is 182 Å². The average molecular weight is 743 g/mol. The first-order valence-electron chi connectivity index (χ1n) is 19.2. The SMILES string of the molecule is c1ccc(-c2cccc(-c3nc(-c4cccc(-c5ccccn5)c4)nc(-n4c5ccccc5c5ccc6c7ccccc7n7c8ccccc8nc7c6c54)n3)c2)nc1. The molecule has 0 aliphatic heterocycles. The van der Waals surface area contributed by atoms with Crippen LogP contribution in [0, 0.1) is 0 Å². The molecule has 8 heteroatoms. The lowest BCUT2D eigenvalue weighted by atomic mass is 10.0. The second-order valence-corrected chi connectivity index (χ2v) is 14.4. The van der Waals surface area contributed by atoms with Crippen molar-refractivity contribution < 1.29 is 0 Å². The van der Waals surface area contributed by atoms with Crippen LogP contribution >= 0.6 is 0 Å². The van der Waals surface area contributed by atoms with Crippen LogP contribution in [0.3, 0.4) is 0 Å². The zero-order valence-electron chi connectivity index (χ0n) is 30.9. The van der Waals surface area contributed by atoms with Crippen LogP contribution in [0.2, 0.25) is 0 Å². The Kier molecular flexibility index (Phi) is 7.06. The normalized spacial score (nSPS) is 11.8. The summed E-state index contributed by atoms with van der Waals surface area (Å²) in [6.45, 7) is 0. The fourth-order valence-corrected chi connectivity index (χ4v) is 8.48. The molecule has 0 aliphatic carbocycles. The van der Waals surface area contributed by atoms with Crippen molar-refractivity contribution in [3.63, 3.8) is 0 Å². The maximum Gasteiger partial charge on any atom is 0.238 e. The standard InChI is InChI=1S/C50H30N8/c1-4-22-42-35(17-1)37-25-26-38-36-18-2-5-23-43(36)58(46(38)45(37)49-53-41-21-3-6-24-44(41)57(42)49)50-55-47(33-15-11-13-31(29-33)39-19-7-9-27-51-39)54-48(56-50)34-16-12-14-32(30-34)40-20-8-10-28-52-40/h1-30H. The number of nitrogens with zero attached hydrogens (tertiary/aromatic N) is 8. The minimum absolute atomic E-state index is 0.507. The summed E-state index contributed by atoms with van der Waals surface area (Å²) >= 11 is 0. The van der Waals surface area contributed by atoms with E-state index in [9.17, 15) is 0 Å². The van der Waals surface area contributed by atoms with Crippen molar-refractivity contribution in [2.75, 3.05) is 0 Å². The third-order valence-corrected chi connectivity index (χ3v) is 11.0. The van der Waals surface area contributed by atoms with Gasteiger partial charge in [0.15, 0.2) is 11.6 Å². The summed E-state index contributed by atoms with van der Waals surface area (Å²) in [5.41, 5.74) is 11.3. The second kappa shape index (κ2) is 12.7. The monoisotopic (exact) mass is 742 g/mol. The van der Waals surface area contributed by atoms with Crippen LogP contribution in [0.4, 0.5) is 0 Å². The number of hydrogen-bond acceptors (Lipinski definition) is 6. The fourth-order valence-electron chi connectivity index (χ4n) is 8.48. The van der Waals surface area contributed by atoms with E-state index in [2.05, 4.69) is 122 Å². The van der Waals surface area contributed by atoms with Gasteiger partial charge in [-0.05, 0) is 66.0 Å². The summed E-state index contributed by atoms with van der Waals surface area (Å²) in [7, 11) is 0. The number of aromatic nitrogens is 8. The van der Waals surface area contributed by atoms with E-state index in [-0.39, 0.29) is 0 Å². The largest absolute Gasteiger partial charge is 0.292 e. The van der Waals surface area contributed by atoms with Gasteiger partial charge in [0.05, 0.1) is 44.4 Å². The van der Waals surface area contributed by atoms with Gasteiger partial charge in [0.1, 0.15) is 5.65 Å². The van der Waals surface area contributed by atoms with Crippen molar-refractivity contribution in [3.8, 4) is 51.2 Å². The van der Waals surface area contributed by atoms with Gasteiger partial charge in [0.2, 0.25) is 5.95 Å². The molecule has 0 saturated heterocycles. The Morgan fingerprint density at radius 2 is 0.931 bits per heavy atom. The van der Waals surface area contributed by atoms with Gasteiger partial charge < -0.3 is 0 Å². The molecule has 0 bridgehead atoms. The number of pyridine rings is 3. The van der Waals surface area contributed by atoms with E-state index >= 15 is 0 Å². The third-order valence-electron chi connectivity index (χ3n) is 11.0. The highest BCUT2D eigenvalue weighted by Gasteiger charge is 2.23. The Morgan fingerprint density at radius 1 is 0.379 bits per heavy atom. The zero-order chi connectivity index (χ0) is 38.2. The molecule has 0 aliphatic rings. The molecular weight excluding hydrogens is 713 g/mol. The van der Waals surface area contributed by atoms with Crippen LogP contribution in [0.5, 0.6) is 0 Å². The van der Waals surface area contributed by atoms with E-state index in [4.69, 9.17) is 19.9 Å². The molecule has 12 rings (SSSR count). The van der Waals surface area contributed by atoms with Crippen molar-refractivity contribution in [1.29, 1.82) is 0 Å². The Hall–Kier alpha value is -8.10. The minimum atomic E-state index is 0.507. The highest BCUT2D eigenvalue weighted by atomic mass is 15.2. The van der Waals surface area contributed by atoms with Crippen molar-refractivity contribution in [3.05, 3.63) is 182 Å². The molecule has 0 spiro atoms. The Bertz CT molecular complexity index is 3470. The summed E-state index contributed by atoms with van der Waals surface area (Å²) in [5, 5.41) is 5.46. The average Bonchev–Trinajstić information content (AvgIpc) is 3.86. The van der Waals surface area contributed by atoms with Gasteiger partial charge in [-0.15, -0.1) is 0 Å². The van der Waals surface area contributed by atoms with Gasteiger partial charge in [-0.1, -0.05) is 109 Å². The van der Waals surface area contributed by atoms with Crippen LogP contribution in [-0.2, 0) is 0 Å². The maximum atomic E-state index is 5.36. The molecule has 6 heterocycles. The summed E-state index contributed by atoms with van der Waals surface area (Å²) in [6, 6.07) is 58.3. The molecule has 0 unspecified atom stereocenters. The summed E-state index contributed by atoms with van der Waals surface area (Å²) in [5.74, 6) is 1.61. The van der Waals surface area contributed by atoms with Crippen molar-refractivity contribution in [2.45, 2.75) is 0 Å². The number of imidazole rings is 1. The van der Waals surface area contributed by atoms with Gasteiger partial charge in [-0.25, -0.2) is 9.97 Å². The van der Waals surface area contributed by atoms with Gasteiger partial charge in [-0.3, -0.25) is 18.9 Å². The Morgan fingerprint density at radius 3 is 1.59 bits per heavy atom. The molecule has 6 aromatic heterocycles. The van der Waals surface area contributed by atoms with Crippen LogP contribution in [-0.4, -0.2) is 38.9 Å². The van der Waals surface area contributed by atoms with Crippen LogP contribution in [0.1, 0.15) is 0 Å². The van der Waals surface area contributed by atoms with E-state index in [0.717, 1.165) is 93.8 Å². The quantitative estimate of drug-likeness (QED) is 0.163. The van der Waals surface area contributed by atoms with Crippen molar-refractivity contribution in [1.82, 2.24) is 38.9 Å². The lowest BCUT2D eigenvalue weighted by Gasteiger charge is -2.14. The first-order valence-corrected chi connectivity index (χ1v) is 19.2. The molecule has 6 aromatic carbocycles.